The maximum atomic E-state index is 3.40. The van der Waals surface area contributed by atoms with Crippen LogP contribution in [-0.2, 0) is 13.1 Å². The van der Waals surface area contributed by atoms with Gasteiger partial charge in [0, 0.05) is 28.9 Å². The van der Waals surface area contributed by atoms with Gasteiger partial charge >= 0.3 is 0 Å². The number of nitrogens with one attached hydrogen (secondary N) is 1. The van der Waals surface area contributed by atoms with Crippen molar-refractivity contribution in [1.82, 2.24) is 10.2 Å². The Morgan fingerprint density at radius 3 is 2.53 bits per heavy atom. The Labute approximate surface area is 123 Å². The summed E-state index contributed by atoms with van der Waals surface area (Å²) in [7, 11) is 2.23. The lowest BCUT2D eigenvalue weighted by molar-refractivity contribution is 0.134. The summed E-state index contributed by atoms with van der Waals surface area (Å²) in [6, 6.07) is 2.94. The standard InChI is InChI=1S/C16H30N2S/c1-8-17-10-15-9-14(12(2)19-15)11-18(7)13(3)16(4,5)6/h9,13,17H,8,10-11H2,1-7H3. The Morgan fingerprint density at radius 1 is 1.37 bits per heavy atom. The molecule has 0 aliphatic heterocycles. The zero-order valence-corrected chi connectivity index (χ0v) is 14.4. The van der Waals surface area contributed by atoms with Crippen molar-refractivity contribution in [2.75, 3.05) is 13.6 Å². The Bertz CT molecular complexity index is 390. The molecule has 0 spiro atoms. The summed E-state index contributed by atoms with van der Waals surface area (Å²) in [5.41, 5.74) is 1.81. The van der Waals surface area contributed by atoms with Gasteiger partial charge in [0.05, 0.1) is 0 Å². The second kappa shape index (κ2) is 6.87. The minimum atomic E-state index is 0.325. The third-order valence-electron chi connectivity index (χ3n) is 3.96. The first kappa shape index (κ1) is 16.7. The van der Waals surface area contributed by atoms with Gasteiger partial charge in [0.1, 0.15) is 0 Å². The zero-order valence-electron chi connectivity index (χ0n) is 13.6. The highest BCUT2D eigenvalue weighted by Crippen LogP contribution is 2.27. The molecule has 0 aliphatic rings. The molecule has 1 unspecified atom stereocenters. The van der Waals surface area contributed by atoms with Crippen LogP contribution in [-0.4, -0.2) is 24.5 Å². The Balaban J connectivity index is 2.69. The van der Waals surface area contributed by atoms with E-state index in [4.69, 9.17) is 0 Å². The van der Waals surface area contributed by atoms with Crippen molar-refractivity contribution in [1.29, 1.82) is 0 Å². The lowest BCUT2D eigenvalue weighted by Gasteiger charge is -2.35. The molecule has 1 aromatic heterocycles. The van der Waals surface area contributed by atoms with Gasteiger partial charge in [-0.3, -0.25) is 4.90 Å². The van der Waals surface area contributed by atoms with E-state index >= 15 is 0 Å². The molecule has 1 N–H and O–H groups in total. The predicted molar refractivity (Wildman–Crippen MR) is 86.8 cm³/mol. The van der Waals surface area contributed by atoms with Crippen LogP contribution in [0.25, 0.3) is 0 Å². The maximum absolute atomic E-state index is 3.40. The highest BCUT2D eigenvalue weighted by Gasteiger charge is 2.24. The Kier molecular flexibility index (Phi) is 6.03. The van der Waals surface area contributed by atoms with E-state index in [0.717, 1.165) is 19.6 Å². The minimum Gasteiger partial charge on any atom is -0.312 e. The first-order valence-corrected chi connectivity index (χ1v) is 8.06. The van der Waals surface area contributed by atoms with Gasteiger partial charge in [-0.2, -0.15) is 0 Å². The van der Waals surface area contributed by atoms with E-state index in [-0.39, 0.29) is 0 Å². The van der Waals surface area contributed by atoms with Gasteiger partial charge < -0.3 is 5.32 Å². The molecule has 0 amide bonds. The number of nitrogens with zero attached hydrogens (tertiary/aromatic N) is 1. The fourth-order valence-electron chi connectivity index (χ4n) is 2.15. The van der Waals surface area contributed by atoms with Crippen LogP contribution >= 0.6 is 11.3 Å². The molecule has 0 bridgehead atoms. The summed E-state index contributed by atoms with van der Waals surface area (Å²) in [6.07, 6.45) is 0. The fourth-order valence-corrected chi connectivity index (χ4v) is 3.17. The molecule has 1 aromatic rings. The fraction of sp³-hybridized carbons (Fsp3) is 0.750. The summed E-state index contributed by atoms with van der Waals surface area (Å²) in [5.74, 6) is 0. The summed E-state index contributed by atoms with van der Waals surface area (Å²) in [6.45, 7) is 16.7. The van der Waals surface area contributed by atoms with E-state index in [9.17, 15) is 0 Å². The molecular formula is C16H30N2S. The summed E-state index contributed by atoms with van der Waals surface area (Å²) in [4.78, 5) is 5.37. The van der Waals surface area contributed by atoms with Crippen molar-refractivity contribution < 1.29 is 0 Å². The molecule has 1 atom stereocenters. The van der Waals surface area contributed by atoms with E-state index in [1.54, 1.807) is 0 Å². The molecule has 1 rings (SSSR count). The van der Waals surface area contributed by atoms with Gasteiger partial charge in [-0.1, -0.05) is 27.7 Å². The van der Waals surface area contributed by atoms with Crippen LogP contribution in [0.1, 0.15) is 49.9 Å². The van der Waals surface area contributed by atoms with Crippen molar-refractivity contribution in [3.05, 3.63) is 21.4 Å². The van der Waals surface area contributed by atoms with Crippen molar-refractivity contribution >= 4 is 11.3 Å². The second-order valence-electron chi connectivity index (χ2n) is 6.53. The van der Waals surface area contributed by atoms with Crippen molar-refractivity contribution in [2.45, 2.75) is 60.7 Å². The van der Waals surface area contributed by atoms with Crippen LogP contribution in [0.5, 0.6) is 0 Å². The monoisotopic (exact) mass is 282 g/mol. The molecule has 0 aliphatic carbocycles. The zero-order chi connectivity index (χ0) is 14.6. The van der Waals surface area contributed by atoms with Gasteiger partial charge in [-0.25, -0.2) is 0 Å². The lowest BCUT2D eigenvalue weighted by atomic mass is 9.87. The number of aryl methyl sites for hydroxylation is 1. The Hall–Kier alpha value is -0.380. The van der Waals surface area contributed by atoms with E-state index in [2.05, 4.69) is 64.9 Å². The third-order valence-corrected chi connectivity index (χ3v) is 5.05. The largest absolute Gasteiger partial charge is 0.312 e. The smallest absolute Gasteiger partial charge is 0.0299 e. The van der Waals surface area contributed by atoms with Crippen LogP contribution in [0.15, 0.2) is 6.07 Å². The number of thiophene rings is 1. The molecule has 0 aromatic carbocycles. The third kappa shape index (κ3) is 4.90. The van der Waals surface area contributed by atoms with E-state index in [1.807, 2.05) is 11.3 Å². The summed E-state index contributed by atoms with van der Waals surface area (Å²) in [5, 5.41) is 3.40. The average Bonchev–Trinajstić information content (AvgIpc) is 2.65. The van der Waals surface area contributed by atoms with Crippen LogP contribution < -0.4 is 5.32 Å². The first-order chi connectivity index (χ1) is 8.75. The van der Waals surface area contributed by atoms with Crippen molar-refractivity contribution in [3.63, 3.8) is 0 Å². The van der Waals surface area contributed by atoms with Gasteiger partial charge in [-0.05, 0) is 44.5 Å². The molecule has 19 heavy (non-hydrogen) atoms. The molecule has 0 radical (unpaired) electrons. The molecule has 2 nitrogen and oxygen atoms in total. The van der Waals surface area contributed by atoms with Crippen LogP contribution in [0.3, 0.4) is 0 Å². The molecule has 0 saturated heterocycles. The SMILES string of the molecule is CCNCc1cc(CN(C)C(C)C(C)(C)C)c(C)s1. The van der Waals surface area contributed by atoms with Gasteiger partial charge in [-0.15, -0.1) is 11.3 Å². The highest BCUT2D eigenvalue weighted by atomic mass is 32.1. The quantitative estimate of drug-likeness (QED) is 0.847. The number of hydrogen-bond acceptors (Lipinski definition) is 3. The summed E-state index contributed by atoms with van der Waals surface area (Å²) >= 11 is 1.93. The van der Waals surface area contributed by atoms with E-state index < -0.39 is 0 Å². The van der Waals surface area contributed by atoms with Gasteiger partial charge in [0.25, 0.3) is 0 Å². The Morgan fingerprint density at radius 2 is 2.00 bits per heavy atom. The van der Waals surface area contributed by atoms with Crippen LogP contribution in [0.4, 0.5) is 0 Å². The van der Waals surface area contributed by atoms with Crippen LogP contribution in [0, 0.1) is 12.3 Å². The normalized spacial score (nSPS) is 14.1. The summed E-state index contributed by atoms with van der Waals surface area (Å²) < 4.78 is 0. The van der Waals surface area contributed by atoms with Crippen LogP contribution in [0.2, 0.25) is 0 Å². The number of hydrogen-bond donors (Lipinski definition) is 1. The lowest BCUT2D eigenvalue weighted by Crippen LogP contribution is -2.38. The maximum Gasteiger partial charge on any atom is 0.0299 e. The van der Waals surface area contributed by atoms with E-state index in [0.29, 0.717) is 11.5 Å². The average molecular weight is 282 g/mol. The van der Waals surface area contributed by atoms with Crippen molar-refractivity contribution in [3.8, 4) is 0 Å². The number of rotatable bonds is 6. The molecular weight excluding hydrogens is 252 g/mol. The van der Waals surface area contributed by atoms with Crippen molar-refractivity contribution in [2.24, 2.45) is 5.41 Å². The van der Waals surface area contributed by atoms with Gasteiger partial charge in [0.2, 0.25) is 0 Å². The predicted octanol–water partition coefficient (Wildman–Crippen LogP) is 4.03. The molecule has 0 saturated carbocycles. The van der Waals surface area contributed by atoms with E-state index in [1.165, 1.54) is 15.3 Å². The topological polar surface area (TPSA) is 15.3 Å². The second-order valence-corrected chi connectivity index (χ2v) is 7.87. The highest BCUT2D eigenvalue weighted by molar-refractivity contribution is 7.12. The molecule has 1 heterocycles. The first-order valence-electron chi connectivity index (χ1n) is 7.24. The molecule has 0 fully saturated rings. The molecule has 110 valence electrons. The minimum absolute atomic E-state index is 0.325. The molecule has 3 heteroatoms. The van der Waals surface area contributed by atoms with Gasteiger partial charge in [0.15, 0.2) is 0 Å².